The molecule has 3 aromatic heterocycles. The average molecular weight is 356 g/mol. The molecule has 0 fully saturated rings. The summed E-state index contributed by atoms with van der Waals surface area (Å²) in [7, 11) is -3.29. The number of pyridine rings is 1. The van der Waals surface area contributed by atoms with Crippen LogP contribution in [0.25, 0.3) is 16.4 Å². The van der Waals surface area contributed by atoms with Crippen molar-refractivity contribution in [3.63, 3.8) is 0 Å². The van der Waals surface area contributed by atoms with Gasteiger partial charge in [-0.3, -0.25) is 4.40 Å². The summed E-state index contributed by atoms with van der Waals surface area (Å²) in [4.78, 5) is 13.2. The van der Waals surface area contributed by atoms with E-state index in [0.717, 1.165) is 10.7 Å². The van der Waals surface area contributed by atoms with Crippen LogP contribution in [0.1, 0.15) is 0 Å². The Morgan fingerprint density at radius 3 is 2.79 bits per heavy atom. The number of fused-ring (bicyclic) bond motifs is 2. The molecule has 6 nitrogen and oxygen atoms in total. The molecule has 0 aliphatic rings. The minimum atomic E-state index is -3.29. The van der Waals surface area contributed by atoms with Crippen molar-refractivity contribution in [2.24, 2.45) is 0 Å². The highest BCUT2D eigenvalue weighted by Crippen LogP contribution is 2.31. The molecule has 0 atom stereocenters. The van der Waals surface area contributed by atoms with E-state index in [1.54, 1.807) is 24.4 Å². The van der Waals surface area contributed by atoms with E-state index < -0.39 is 9.84 Å². The third-order valence-corrected chi connectivity index (χ3v) is 5.70. The number of sulfone groups is 1. The van der Waals surface area contributed by atoms with Crippen molar-refractivity contribution in [3.8, 4) is 0 Å². The minimum absolute atomic E-state index is 0.250. The lowest BCUT2D eigenvalue weighted by Gasteiger charge is -2.06. The minimum Gasteiger partial charge on any atom is -0.295 e. The number of rotatable bonds is 3. The maximum absolute atomic E-state index is 11.8. The Kier molecular flexibility index (Phi) is 3.50. The molecule has 4 rings (SSSR count). The molecule has 0 N–H and O–H groups in total. The highest BCUT2D eigenvalue weighted by molar-refractivity contribution is 7.99. The predicted molar refractivity (Wildman–Crippen MR) is 92.0 cm³/mol. The Hall–Kier alpha value is -2.45. The second kappa shape index (κ2) is 5.57. The van der Waals surface area contributed by atoms with E-state index in [4.69, 9.17) is 0 Å². The first-order chi connectivity index (χ1) is 11.5. The molecular weight excluding hydrogens is 344 g/mol. The molecule has 0 bridgehead atoms. The third kappa shape index (κ3) is 2.63. The summed E-state index contributed by atoms with van der Waals surface area (Å²) >= 11 is 1.38. The lowest BCUT2D eigenvalue weighted by molar-refractivity contribution is 0.602. The monoisotopic (exact) mass is 356 g/mol. The lowest BCUT2D eigenvalue weighted by Crippen LogP contribution is -1.98. The molecule has 8 heteroatoms. The highest BCUT2D eigenvalue weighted by Gasteiger charge is 2.13. The molecule has 1 aromatic carbocycles. The van der Waals surface area contributed by atoms with Gasteiger partial charge >= 0.3 is 0 Å². The quantitative estimate of drug-likeness (QED) is 0.525. The van der Waals surface area contributed by atoms with E-state index in [1.807, 2.05) is 28.8 Å². The second-order valence-corrected chi connectivity index (χ2v) is 8.24. The number of hydrogen-bond acceptors (Lipinski definition) is 6. The summed E-state index contributed by atoms with van der Waals surface area (Å²) in [5, 5.41) is 2.12. The van der Waals surface area contributed by atoms with Crippen LogP contribution >= 0.6 is 11.8 Å². The van der Waals surface area contributed by atoms with Crippen LogP contribution in [0.4, 0.5) is 0 Å². The van der Waals surface area contributed by atoms with Crippen LogP contribution in [0.2, 0.25) is 0 Å². The molecule has 0 aliphatic carbocycles. The Morgan fingerprint density at radius 2 is 1.96 bits per heavy atom. The van der Waals surface area contributed by atoms with Gasteiger partial charge in [0, 0.05) is 17.8 Å². The molecule has 3 heterocycles. The summed E-state index contributed by atoms with van der Waals surface area (Å²) in [6.45, 7) is 0. The zero-order chi connectivity index (χ0) is 16.7. The van der Waals surface area contributed by atoms with Gasteiger partial charge in [0.05, 0.1) is 22.1 Å². The summed E-state index contributed by atoms with van der Waals surface area (Å²) in [5.74, 6) is 0. The lowest BCUT2D eigenvalue weighted by atomic mass is 10.2. The topological polar surface area (TPSA) is 77.2 Å². The van der Waals surface area contributed by atoms with Crippen LogP contribution in [-0.2, 0) is 9.84 Å². The molecule has 120 valence electrons. The molecular formula is C16H12N4O2S2. The molecule has 0 unspecified atom stereocenters. The summed E-state index contributed by atoms with van der Waals surface area (Å²) < 4.78 is 25.6. The SMILES string of the molecule is CS(=O)(=O)c1ccc2ncnc(Sc3ncc4ccccn34)c2c1. The molecule has 0 aliphatic heterocycles. The smallest absolute Gasteiger partial charge is 0.179 e. The largest absolute Gasteiger partial charge is 0.295 e. The van der Waals surface area contributed by atoms with E-state index in [9.17, 15) is 8.42 Å². The Morgan fingerprint density at radius 1 is 1.08 bits per heavy atom. The van der Waals surface area contributed by atoms with E-state index in [2.05, 4.69) is 15.0 Å². The van der Waals surface area contributed by atoms with Gasteiger partial charge in [0.25, 0.3) is 0 Å². The zero-order valence-corrected chi connectivity index (χ0v) is 14.3. The summed E-state index contributed by atoms with van der Waals surface area (Å²) in [6.07, 6.45) is 6.37. The average Bonchev–Trinajstić information content (AvgIpc) is 2.97. The Labute approximate surface area is 142 Å². The van der Waals surface area contributed by atoms with Crippen LogP contribution in [-0.4, -0.2) is 34.0 Å². The van der Waals surface area contributed by atoms with Gasteiger partial charge in [-0.15, -0.1) is 0 Å². The van der Waals surface area contributed by atoms with Crippen molar-refractivity contribution in [2.75, 3.05) is 6.26 Å². The van der Waals surface area contributed by atoms with Gasteiger partial charge in [-0.05, 0) is 42.1 Å². The van der Waals surface area contributed by atoms with Crippen molar-refractivity contribution >= 4 is 38.0 Å². The van der Waals surface area contributed by atoms with E-state index in [1.165, 1.54) is 24.3 Å². The van der Waals surface area contributed by atoms with Crippen LogP contribution in [0.15, 0.2) is 70.2 Å². The van der Waals surface area contributed by atoms with Gasteiger partial charge in [-0.25, -0.2) is 23.4 Å². The molecule has 0 spiro atoms. The summed E-state index contributed by atoms with van der Waals surface area (Å²) in [5.41, 5.74) is 1.68. The molecule has 0 radical (unpaired) electrons. The van der Waals surface area contributed by atoms with E-state index >= 15 is 0 Å². The standard InChI is InChI=1S/C16H12N4O2S2/c1-24(21,22)12-5-6-14-13(8-12)15(19-10-18-14)23-16-17-9-11-4-2-3-7-20(11)16/h2-10H,1H3. The number of benzene rings is 1. The second-order valence-electron chi connectivity index (χ2n) is 5.27. The maximum atomic E-state index is 11.8. The fourth-order valence-corrected chi connectivity index (χ4v) is 3.97. The van der Waals surface area contributed by atoms with Gasteiger partial charge in [-0.2, -0.15) is 0 Å². The van der Waals surface area contributed by atoms with Crippen LogP contribution in [0, 0.1) is 0 Å². The van der Waals surface area contributed by atoms with Gasteiger partial charge in [0.15, 0.2) is 15.0 Å². The van der Waals surface area contributed by atoms with Crippen LogP contribution < -0.4 is 0 Å². The van der Waals surface area contributed by atoms with Crippen molar-refractivity contribution in [3.05, 3.63) is 55.1 Å². The fraction of sp³-hybridized carbons (Fsp3) is 0.0625. The predicted octanol–water partition coefficient (Wildman–Crippen LogP) is 2.83. The van der Waals surface area contributed by atoms with Gasteiger partial charge in [-0.1, -0.05) is 6.07 Å². The van der Waals surface area contributed by atoms with Gasteiger partial charge < -0.3 is 0 Å². The highest BCUT2D eigenvalue weighted by atomic mass is 32.2. The first-order valence-corrected chi connectivity index (χ1v) is 9.78. The molecule has 4 aromatic rings. The fourth-order valence-electron chi connectivity index (χ4n) is 2.41. The van der Waals surface area contributed by atoms with Crippen molar-refractivity contribution < 1.29 is 8.42 Å². The van der Waals surface area contributed by atoms with Crippen molar-refractivity contribution in [1.82, 2.24) is 19.4 Å². The van der Waals surface area contributed by atoms with Gasteiger partial charge in [0.1, 0.15) is 11.4 Å². The number of imidazole rings is 1. The number of nitrogens with zero attached hydrogens (tertiary/aromatic N) is 4. The molecule has 0 saturated heterocycles. The number of aromatic nitrogens is 4. The number of hydrogen-bond donors (Lipinski definition) is 0. The Bertz CT molecular complexity index is 1170. The maximum Gasteiger partial charge on any atom is 0.179 e. The molecule has 24 heavy (non-hydrogen) atoms. The molecule has 0 amide bonds. The normalized spacial score (nSPS) is 12.0. The van der Waals surface area contributed by atoms with Crippen molar-refractivity contribution in [1.29, 1.82) is 0 Å². The van der Waals surface area contributed by atoms with Crippen molar-refractivity contribution in [2.45, 2.75) is 15.1 Å². The first kappa shape index (κ1) is 15.1. The third-order valence-electron chi connectivity index (χ3n) is 3.59. The van der Waals surface area contributed by atoms with E-state index in [-0.39, 0.29) is 4.90 Å². The van der Waals surface area contributed by atoms with E-state index in [0.29, 0.717) is 15.9 Å². The molecule has 0 saturated carbocycles. The van der Waals surface area contributed by atoms with Crippen LogP contribution in [0.3, 0.4) is 0 Å². The Balaban J connectivity index is 1.87. The van der Waals surface area contributed by atoms with Crippen LogP contribution in [0.5, 0.6) is 0 Å². The zero-order valence-electron chi connectivity index (χ0n) is 12.6. The summed E-state index contributed by atoms with van der Waals surface area (Å²) in [6, 6.07) is 10.7. The first-order valence-electron chi connectivity index (χ1n) is 7.07. The van der Waals surface area contributed by atoms with Gasteiger partial charge in [0.2, 0.25) is 0 Å².